The van der Waals surface area contributed by atoms with Crippen LogP contribution in [-0.2, 0) is 16.4 Å². The van der Waals surface area contributed by atoms with Gasteiger partial charge in [0.2, 0.25) is 0 Å². The van der Waals surface area contributed by atoms with Crippen LogP contribution in [0.25, 0.3) is 0 Å². The van der Waals surface area contributed by atoms with Crippen molar-refractivity contribution >= 4 is 0 Å². The molecule has 1 fully saturated rings. The van der Waals surface area contributed by atoms with Gasteiger partial charge in [-0.05, 0) is 37.6 Å². The SMILES string of the molecule is FC1(F)OC2(CCNCC2)c2ccccc21. The van der Waals surface area contributed by atoms with Crippen molar-refractivity contribution < 1.29 is 13.5 Å². The van der Waals surface area contributed by atoms with E-state index < -0.39 is 11.7 Å². The third kappa shape index (κ3) is 1.30. The molecule has 1 saturated heterocycles. The molecule has 0 radical (unpaired) electrons. The molecule has 0 aromatic heterocycles. The highest BCUT2D eigenvalue weighted by atomic mass is 19.3. The highest BCUT2D eigenvalue weighted by Crippen LogP contribution is 2.52. The third-order valence-corrected chi connectivity index (χ3v) is 3.47. The lowest BCUT2D eigenvalue weighted by Crippen LogP contribution is -2.40. The first-order valence-corrected chi connectivity index (χ1v) is 5.53. The number of piperidine rings is 1. The van der Waals surface area contributed by atoms with Crippen LogP contribution in [0.5, 0.6) is 0 Å². The van der Waals surface area contributed by atoms with Crippen LogP contribution in [0, 0.1) is 0 Å². The van der Waals surface area contributed by atoms with E-state index in [1.807, 2.05) is 0 Å². The van der Waals surface area contributed by atoms with E-state index >= 15 is 0 Å². The number of halogens is 2. The van der Waals surface area contributed by atoms with Gasteiger partial charge in [0.1, 0.15) is 5.60 Å². The van der Waals surface area contributed by atoms with Crippen LogP contribution in [0.15, 0.2) is 24.3 Å². The lowest BCUT2D eigenvalue weighted by Gasteiger charge is -2.34. The minimum absolute atomic E-state index is 0.0388. The molecule has 1 aromatic carbocycles. The Morgan fingerprint density at radius 2 is 1.69 bits per heavy atom. The van der Waals surface area contributed by atoms with E-state index in [0.29, 0.717) is 18.4 Å². The molecule has 0 atom stereocenters. The molecule has 2 heterocycles. The Bertz CT molecular complexity index is 413. The monoisotopic (exact) mass is 225 g/mol. The molecule has 0 saturated carbocycles. The number of hydrogen-bond acceptors (Lipinski definition) is 2. The molecule has 0 amide bonds. The summed E-state index contributed by atoms with van der Waals surface area (Å²) in [6, 6.07) is 6.66. The maximum atomic E-state index is 13.7. The summed E-state index contributed by atoms with van der Waals surface area (Å²) in [6.07, 6.45) is -1.91. The number of nitrogens with one attached hydrogen (secondary N) is 1. The fourth-order valence-corrected chi connectivity index (χ4v) is 2.69. The van der Waals surface area contributed by atoms with E-state index in [0.717, 1.165) is 13.1 Å². The molecule has 1 N–H and O–H groups in total. The molecule has 16 heavy (non-hydrogen) atoms. The van der Waals surface area contributed by atoms with Crippen molar-refractivity contribution in [2.75, 3.05) is 13.1 Å². The quantitative estimate of drug-likeness (QED) is 0.731. The van der Waals surface area contributed by atoms with Gasteiger partial charge in [-0.3, -0.25) is 0 Å². The van der Waals surface area contributed by atoms with Gasteiger partial charge < -0.3 is 10.1 Å². The Morgan fingerprint density at radius 1 is 1.06 bits per heavy atom. The van der Waals surface area contributed by atoms with Gasteiger partial charge >= 0.3 is 6.11 Å². The number of ether oxygens (including phenoxy) is 1. The Labute approximate surface area is 92.6 Å². The molecule has 4 heteroatoms. The van der Waals surface area contributed by atoms with Crippen molar-refractivity contribution in [2.24, 2.45) is 0 Å². The van der Waals surface area contributed by atoms with Crippen molar-refractivity contribution in [1.82, 2.24) is 5.32 Å². The predicted octanol–water partition coefficient (Wildman–Crippen LogP) is 2.34. The van der Waals surface area contributed by atoms with Crippen LogP contribution in [0.1, 0.15) is 24.0 Å². The fourth-order valence-electron chi connectivity index (χ4n) is 2.69. The van der Waals surface area contributed by atoms with E-state index in [9.17, 15) is 8.78 Å². The number of rotatable bonds is 0. The zero-order chi connectivity index (χ0) is 11.2. The summed E-state index contributed by atoms with van der Waals surface area (Å²) < 4.78 is 32.5. The molecular formula is C12H13F2NO. The zero-order valence-corrected chi connectivity index (χ0v) is 8.80. The van der Waals surface area contributed by atoms with Crippen molar-refractivity contribution in [1.29, 1.82) is 0 Å². The maximum Gasteiger partial charge on any atom is 0.384 e. The Kier molecular flexibility index (Phi) is 2.06. The first-order valence-electron chi connectivity index (χ1n) is 5.53. The highest BCUT2D eigenvalue weighted by Gasteiger charge is 2.54. The Balaban J connectivity index is 2.11. The van der Waals surface area contributed by atoms with Crippen molar-refractivity contribution in [3.8, 4) is 0 Å². The number of alkyl halides is 2. The largest absolute Gasteiger partial charge is 0.384 e. The summed E-state index contributed by atoms with van der Waals surface area (Å²) >= 11 is 0. The van der Waals surface area contributed by atoms with Crippen LogP contribution >= 0.6 is 0 Å². The highest BCUT2D eigenvalue weighted by molar-refractivity contribution is 5.39. The molecule has 2 aliphatic rings. The van der Waals surface area contributed by atoms with E-state index in [4.69, 9.17) is 4.74 Å². The summed E-state index contributed by atoms with van der Waals surface area (Å²) in [4.78, 5) is 0. The topological polar surface area (TPSA) is 21.3 Å². The summed E-state index contributed by atoms with van der Waals surface area (Å²) in [5.41, 5.74) is -0.0656. The second-order valence-electron chi connectivity index (χ2n) is 4.41. The van der Waals surface area contributed by atoms with E-state index in [1.165, 1.54) is 6.07 Å². The normalized spacial score (nSPS) is 25.6. The Morgan fingerprint density at radius 3 is 2.38 bits per heavy atom. The van der Waals surface area contributed by atoms with E-state index in [-0.39, 0.29) is 5.56 Å². The molecule has 86 valence electrons. The fraction of sp³-hybridized carbons (Fsp3) is 0.500. The molecule has 0 unspecified atom stereocenters. The van der Waals surface area contributed by atoms with Gasteiger partial charge in [-0.15, -0.1) is 0 Å². The van der Waals surface area contributed by atoms with Crippen molar-refractivity contribution in [2.45, 2.75) is 24.6 Å². The van der Waals surface area contributed by atoms with Crippen molar-refractivity contribution in [3.05, 3.63) is 35.4 Å². The van der Waals surface area contributed by atoms with Crippen LogP contribution in [0.3, 0.4) is 0 Å². The lowest BCUT2D eigenvalue weighted by molar-refractivity contribution is -0.294. The van der Waals surface area contributed by atoms with Crippen LogP contribution in [-0.4, -0.2) is 13.1 Å². The number of hydrogen-bond donors (Lipinski definition) is 1. The number of fused-ring (bicyclic) bond motifs is 2. The Hall–Kier alpha value is -1.00. The first-order chi connectivity index (χ1) is 7.64. The minimum atomic E-state index is -3.13. The molecule has 2 nitrogen and oxygen atoms in total. The average molecular weight is 225 g/mol. The third-order valence-electron chi connectivity index (χ3n) is 3.47. The van der Waals surface area contributed by atoms with Gasteiger partial charge in [-0.1, -0.05) is 18.2 Å². The number of benzene rings is 1. The zero-order valence-electron chi connectivity index (χ0n) is 8.80. The molecule has 0 aliphatic carbocycles. The van der Waals surface area contributed by atoms with Gasteiger partial charge in [-0.25, -0.2) is 0 Å². The minimum Gasteiger partial charge on any atom is -0.316 e. The average Bonchev–Trinajstić information content (AvgIpc) is 2.50. The van der Waals surface area contributed by atoms with Gasteiger partial charge in [0.15, 0.2) is 0 Å². The smallest absolute Gasteiger partial charge is 0.316 e. The van der Waals surface area contributed by atoms with Crippen LogP contribution in [0.2, 0.25) is 0 Å². The van der Waals surface area contributed by atoms with Crippen LogP contribution < -0.4 is 5.32 Å². The summed E-state index contributed by atoms with van der Waals surface area (Å²) in [5.74, 6) is 0. The standard InChI is InChI=1S/C12H13F2NO/c13-12(14)10-4-2-1-3-9(10)11(16-12)5-7-15-8-6-11/h1-4,15H,5-8H2. The summed E-state index contributed by atoms with van der Waals surface area (Å²) in [6.45, 7) is 1.45. The second-order valence-corrected chi connectivity index (χ2v) is 4.41. The van der Waals surface area contributed by atoms with Gasteiger partial charge in [-0.2, -0.15) is 8.78 Å². The summed E-state index contributed by atoms with van der Waals surface area (Å²) in [5, 5.41) is 3.17. The molecule has 2 aliphatic heterocycles. The second kappa shape index (κ2) is 3.25. The van der Waals surface area contributed by atoms with Crippen LogP contribution in [0.4, 0.5) is 8.78 Å². The molecular weight excluding hydrogens is 212 g/mol. The molecule has 1 aromatic rings. The predicted molar refractivity (Wildman–Crippen MR) is 55.2 cm³/mol. The maximum absolute atomic E-state index is 13.7. The van der Waals surface area contributed by atoms with E-state index in [2.05, 4.69) is 5.32 Å². The molecule has 1 spiro atoms. The van der Waals surface area contributed by atoms with Gasteiger partial charge in [0.25, 0.3) is 0 Å². The van der Waals surface area contributed by atoms with Gasteiger partial charge in [0.05, 0.1) is 5.56 Å². The first kappa shape index (κ1) is 10.2. The van der Waals surface area contributed by atoms with Gasteiger partial charge in [0, 0.05) is 0 Å². The van der Waals surface area contributed by atoms with Crippen molar-refractivity contribution in [3.63, 3.8) is 0 Å². The van der Waals surface area contributed by atoms with E-state index in [1.54, 1.807) is 18.2 Å². The molecule has 0 bridgehead atoms. The molecule has 3 rings (SSSR count). The lowest BCUT2D eigenvalue weighted by atomic mass is 9.84. The summed E-state index contributed by atoms with van der Waals surface area (Å²) in [7, 11) is 0.